The number of nitrogens with zero attached hydrogens (tertiary/aromatic N) is 1. The summed E-state index contributed by atoms with van der Waals surface area (Å²) in [5, 5.41) is 2.74. The van der Waals surface area contributed by atoms with Crippen LogP contribution in [0.3, 0.4) is 0 Å². The number of hydrogen-bond acceptors (Lipinski definition) is 4. The molecule has 1 amide bonds. The fraction of sp³-hybridized carbons (Fsp3) is 0.0952. The van der Waals surface area contributed by atoms with Crippen molar-refractivity contribution in [1.82, 2.24) is 0 Å². The topological polar surface area (TPSA) is 75.7 Å². The molecule has 0 fully saturated rings. The van der Waals surface area contributed by atoms with Crippen LogP contribution in [0.2, 0.25) is 0 Å². The van der Waals surface area contributed by atoms with Crippen LogP contribution in [0.25, 0.3) is 0 Å². The minimum absolute atomic E-state index is 0.0830. The number of benzene rings is 3. The molecule has 0 saturated heterocycles. The highest BCUT2D eigenvalue weighted by Crippen LogP contribution is 2.32. The fourth-order valence-corrected chi connectivity index (χ4v) is 4.57. The second-order valence-corrected chi connectivity index (χ2v) is 8.74. The molecule has 150 valence electrons. The number of ether oxygens (including phenoxy) is 1. The molecule has 0 aromatic heterocycles. The van der Waals surface area contributed by atoms with Gasteiger partial charge in [0.15, 0.2) is 0 Å². The molecule has 0 aliphatic carbocycles. The van der Waals surface area contributed by atoms with Gasteiger partial charge in [-0.05, 0) is 52.3 Å². The maximum absolute atomic E-state index is 13.3. The normalized spacial score (nSPS) is 11.0. The number of sulfonamides is 1. The molecule has 0 bridgehead atoms. The molecule has 0 unspecified atom stereocenters. The van der Waals surface area contributed by atoms with Crippen molar-refractivity contribution in [3.63, 3.8) is 0 Å². The lowest BCUT2D eigenvalue weighted by Gasteiger charge is -2.25. The van der Waals surface area contributed by atoms with Gasteiger partial charge in [-0.1, -0.05) is 42.5 Å². The Kier molecular flexibility index (Phi) is 6.56. The summed E-state index contributed by atoms with van der Waals surface area (Å²) < 4.78 is 33.8. The van der Waals surface area contributed by atoms with Gasteiger partial charge in [-0.3, -0.25) is 9.10 Å². The first-order valence-electron chi connectivity index (χ1n) is 8.68. The highest BCUT2D eigenvalue weighted by molar-refractivity contribution is 9.10. The molecule has 0 atom stereocenters. The Balaban J connectivity index is 1.99. The average Bonchev–Trinajstić information content (AvgIpc) is 2.74. The molecule has 8 heteroatoms. The van der Waals surface area contributed by atoms with Gasteiger partial charge in [0, 0.05) is 4.47 Å². The number of amides is 1. The second kappa shape index (κ2) is 9.11. The predicted octanol–water partition coefficient (Wildman–Crippen LogP) is 4.29. The third-order valence-corrected chi connectivity index (χ3v) is 6.59. The van der Waals surface area contributed by atoms with Crippen LogP contribution in [0.1, 0.15) is 0 Å². The minimum atomic E-state index is -4.00. The number of para-hydroxylation sites is 3. The first kappa shape index (κ1) is 20.9. The van der Waals surface area contributed by atoms with Crippen LogP contribution in [-0.2, 0) is 14.8 Å². The Hall–Kier alpha value is -2.84. The zero-order chi connectivity index (χ0) is 20.9. The third kappa shape index (κ3) is 4.78. The first-order valence-corrected chi connectivity index (χ1v) is 10.9. The Morgan fingerprint density at radius 2 is 1.59 bits per heavy atom. The minimum Gasteiger partial charge on any atom is -0.495 e. The molecule has 0 saturated carbocycles. The lowest BCUT2D eigenvalue weighted by molar-refractivity contribution is -0.114. The summed E-state index contributed by atoms with van der Waals surface area (Å²) in [5.41, 5.74) is 0.829. The molecule has 0 spiro atoms. The molecule has 1 N–H and O–H groups in total. The molecule has 0 aliphatic heterocycles. The molecular weight excluding hydrogens is 456 g/mol. The number of halogens is 1. The van der Waals surface area contributed by atoms with Gasteiger partial charge in [-0.2, -0.15) is 0 Å². The van der Waals surface area contributed by atoms with E-state index in [9.17, 15) is 13.2 Å². The summed E-state index contributed by atoms with van der Waals surface area (Å²) in [6.45, 7) is -0.418. The molecule has 3 rings (SSSR count). The van der Waals surface area contributed by atoms with E-state index in [4.69, 9.17) is 4.74 Å². The summed E-state index contributed by atoms with van der Waals surface area (Å²) in [7, 11) is -2.55. The molecule has 6 nitrogen and oxygen atoms in total. The Morgan fingerprint density at radius 3 is 2.28 bits per heavy atom. The van der Waals surface area contributed by atoms with Crippen LogP contribution in [0.4, 0.5) is 11.4 Å². The highest BCUT2D eigenvalue weighted by atomic mass is 79.9. The molecule has 0 aliphatic rings. The summed E-state index contributed by atoms with van der Waals surface area (Å²) in [4.78, 5) is 12.8. The van der Waals surface area contributed by atoms with E-state index in [0.29, 0.717) is 15.9 Å². The standard InChI is InChI=1S/C21H19BrN2O4S/c1-28-20-14-8-7-13-19(20)24(29(26,27)16-9-3-2-4-10-16)15-21(25)23-18-12-6-5-11-17(18)22/h2-14H,15H2,1H3,(H,23,25). The lowest BCUT2D eigenvalue weighted by atomic mass is 10.3. The van der Waals surface area contributed by atoms with E-state index in [2.05, 4.69) is 21.2 Å². The average molecular weight is 475 g/mol. The van der Waals surface area contributed by atoms with Crippen LogP contribution in [-0.4, -0.2) is 28.0 Å². The molecule has 0 heterocycles. The van der Waals surface area contributed by atoms with Crippen molar-refractivity contribution in [2.75, 3.05) is 23.3 Å². The summed E-state index contributed by atoms with van der Waals surface area (Å²) in [6.07, 6.45) is 0. The van der Waals surface area contributed by atoms with Gasteiger partial charge in [0.2, 0.25) is 5.91 Å². The zero-order valence-electron chi connectivity index (χ0n) is 15.6. The Bertz CT molecular complexity index is 1100. The highest BCUT2D eigenvalue weighted by Gasteiger charge is 2.29. The van der Waals surface area contributed by atoms with Gasteiger partial charge in [0.25, 0.3) is 10.0 Å². The number of anilines is 2. The third-order valence-electron chi connectivity index (χ3n) is 4.12. The van der Waals surface area contributed by atoms with Crippen molar-refractivity contribution < 1.29 is 17.9 Å². The quantitative estimate of drug-likeness (QED) is 0.553. The summed E-state index contributed by atoms with van der Waals surface area (Å²) >= 11 is 3.37. The van der Waals surface area contributed by atoms with Gasteiger partial charge >= 0.3 is 0 Å². The van der Waals surface area contributed by atoms with Crippen molar-refractivity contribution in [3.8, 4) is 5.75 Å². The number of methoxy groups -OCH3 is 1. The Labute approximate surface area is 178 Å². The van der Waals surface area contributed by atoms with Crippen molar-refractivity contribution >= 4 is 43.2 Å². The SMILES string of the molecule is COc1ccccc1N(CC(=O)Nc1ccccc1Br)S(=O)(=O)c1ccccc1. The van der Waals surface area contributed by atoms with Crippen LogP contribution < -0.4 is 14.4 Å². The van der Waals surface area contributed by atoms with Crippen molar-refractivity contribution in [2.45, 2.75) is 4.90 Å². The van der Waals surface area contributed by atoms with Gasteiger partial charge in [-0.15, -0.1) is 0 Å². The van der Waals surface area contributed by atoms with E-state index in [1.165, 1.54) is 19.2 Å². The van der Waals surface area contributed by atoms with Crippen LogP contribution in [0.5, 0.6) is 5.75 Å². The van der Waals surface area contributed by atoms with Gasteiger partial charge < -0.3 is 10.1 Å². The number of nitrogens with one attached hydrogen (secondary N) is 1. The van der Waals surface area contributed by atoms with Gasteiger partial charge in [-0.25, -0.2) is 8.42 Å². The lowest BCUT2D eigenvalue weighted by Crippen LogP contribution is -2.38. The van der Waals surface area contributed by atoms with E-state index < -0.39 is 22.5 Å². The van der Waals surface area contributed by atoms with E-state index >= 15 is 0 Å². The molecular formula is C21H19BrN2O4S. The van der Waals surface area contributed by atoms with E-state index in [0.717, 1.165) is 4.31 Å². The van der Waals surface area contributed by atoms with Crippen molar-refractivity contribution in [3.05, 3.63) is 83.3 Å². The van der Waals surface area contributed by atoms with Crippen LogP contribution in [0.15, 0.2) is 88.2 Å². The first-order chi connectivity index (χ1) is 13.9. The smallest absolute Gasteiger partial charge is 0.264 e. The second-order valence-electron chi connectivity index (χ2n) is 6.02. The predicted molar refractivity (Wildman–Crippen MR) is 117 cm³/mol. The molecule has 0 radical (unpaired) electrons. The largest absolute Gasteiger partial charge is 0.495 e. The van der Waals surface area contributed by atoms with E-state index in [1.807, 2.05) is 6.07 Å². The number of carbonyl (C=O) groups excluding carboxylic acids is 1. The van der Waals surface area contributed by atoms with Crippen molar-refractivity contribution in [1.29, 1.82) is 0 Å². The van der Waals surface area contributed by atoms with Gasteiger partial charge in [0.1, 0.15) is 12.3 Å². The van der Waals surface area contributed by atoms with Gasteiger partial charge in [0.05, 0.1) is 23.4 Å². The number of hydrogen-bond donors (Lipinski definition) is 1. The number of rotatable bonds is 7. The summed E-state index contributed by atoms with van der Waals surface area (Å²) in [5.74, 6) is -0.136. The maximum atomic E-state index is 13.3. The molecule has 29 heavy (non-hydrogen) atoms. The Morgan fingerprint density at radius 1 is 0.966 bits per heavy atom. The van der Waals surface area contributed by atoms with Crippen LogP contribution >= 0.6 is 15.9 Å². The van der Waals surface area contributed by atoms with Crippen molar-refractivity contribution in [2.24, 2.45) is 0 Å². The molecule has 3 aromatic rings. The fourth-order valence-electron chi connectivity index (χ4n) is 2.74. The summed E-state index contributed by atoms with van der Waals surface area (Å²) in [6, 6.07) is 21.8. The van der Waals surface area contributed by atoms with Crippen LogP contribution in [0, 0.1) is 0 Å². The zero-order valence-corrected chi connectivity index (χ0v) is 18.0. The monoisotopic (exact) mass is 474 g/mol. The van der Waals surface area contributed by atoms with E-state index in [1.54, 1.807) is 60.7 Å². The molecule has 3 aromatic carbocycles. The number of carbonyl (C=O) groups is 1. The maximum Gasteiger partial charge on any atom is 0.264 e. The van der Waals surface area contributed by atoms with E-state index in [-0.39, 0.29) is 10.6 Å².